The van der Waals surface area contributed by atoms with E-state index in [-0.39, 0.29) is 11.8 Å². The van der Waals surface area contributed by atoms with Crippen molar-refractivity contribution in [2.75, 3.05) is 33.3 Å². The molecule has 98 valence electrons. The first-order valence-corrected chi connectivity index (χ1v) is 6.41. The van der Waals surface area contributed by atoms with Gasteiger partial charge >= 0.3 is 0 Å². The lowest BCUT2D eigenvalue weighted by Crippen LogP contribution is -2.51. The molecule has 1 aliphatic heterocycles. The second-order valence-corrected chi connectivity index (χ2v) is 4.63. The number of hydrogen-bond acceptors (Lipinski definition) is 3. The van der Waals surface area contributed by atoms with E-state index in [1.165, 1.54) is 0 Å². The molecule has 4 heteroatoms. The molecule has 0 bridgehead atoms. The number of ether oxygens (including phenoxy) is 1. The van der Waals surface area contributed by atoms with Gasteiger partial charge in [0, 0.05) is 26.7 Å². The van der Waals surface area contributed by atoms with Crippen LogP contribution in [0.1, 0.15) is 6.42 Å². The molecular weight excluding hydrogens is 228 g/mol. The third-order valence-corrected chi connectivity index (χ3v) is 3.16. The fraction of sp³-hybridized carbons (Fsp3) is 0.500. The highest BCUT2D eigenvalue weighted by molar-refractivity contribution is 5.79. The Bertz CT molecular complexity index is 377. The van der Waals surface area contributed by atoms with Crippen molar-refractivity contribution in [2.24, 2.45) is 5.92 Å². The van der Waals surface area contributed by atoms with Crippen LogP contribution in [0.5, 0.6) is 5.75 Å². The molecule has 0 unspecified atom stereocenters. The zero-order valence-corrected chi connectivity index (χ0v) is 10.8. The summed E-state index contributed by atoms with van der Waals surface area (Å²) in [7, 11) is 1.86. The summed E-state index contributed by atoms with van der Waals surface area (Å²) in [5, 5.41) is 3.11. The van der Waals surface area contributed by atoms with E-state index < -0.39 is 0 Å². The second-order valence-electron chi connectivity index (χ2n) is 4.63. The number of amides is 1. The van der Waals surface area contributed by atoms with Crippen LogP contribution < -0.4 is 10.1 Å². The van der Waals surface area contributed by atoms with Crippen LogP contribution in [0, 0.1) is 5.92 Å². The number of hydrogen-bond donors (Lipinski definition) is 1. The standard InChI is InChI=1S/C14H20N2O2/c1-16(14(17)12-10-15-11-12)8-5-9-18-13-6-3-2-4-7-13/h2-4,6-7,12,15H,5,8-11H2,1H3. The van der Waals surface area contributed by atoms with Gasteiger partial charge in [-0.25, -0.2) is 0 Å². The van der Waals surface area contributed by atoms with Crippen molar-refractivity contribution in [3.05, 3.63) is 30.3 Å². The summed E-state index contributed by atoms with van der Waals surface area (Å²) in [6, 6.07) is 9.75. The van der Waals surface area contributed by atoms with Gasteiger partial charge in [0.2, 0.25) is 5.91 Å². The van der Waals surface area contributed by atoms with Crippen molar-refractivity contribution in [3.8, 4) is 5.75 Å². The first-order valence-electron chi connectivity index (χ1n) is 6.41. The van der Waals surface area contributed by atoms with Crippen LogP contribution in [-0.4, -0.2) is 44.1 Å². The Morgan fingerprint density at radius 3 is 2.72 bits per heavy atom. The van der Waals surface area contributed by atoms with E-state index in [0.29, 0.717) is 6.61 Å². The van der Waals surface area contributed by atoms with Crippen LogP contribution in [0.2, 0.25) is 0 Å². The molecule has 18 heavy (non-hydrogen) atoms. The fourth-order valence-corrected chi connectivity index (χ4v) is 1.89. The highest BCUT2D eigenvalue weighted by atomic mass is 16.5. The van der Waals surface area contributed by atoms with Gasteiger partial charge < -0.3 is 15.0 Å². The predicted molar refractivity (Wildman–Crippen MR) is 70.6 cm³/mol. The number of para-hydroxylation sites is 1. The Morgan fingerprint density at radius 1 is 1.39 bits per heavy atom. The Kier molecular flexibility index (Phi) is 4.59. The molecule has 1 amide bonds. The van der Waals surface area contributed by atoms with E-state index in [0.717, 1.165) is 31.8 Å². The number of carbonyl (C=O) groups is 1. The summed E-state index contributed by atoms with van der Waals surface area (Å²) in [6.07, 6.45) is 0.858. The predicted octanol–water partition coefficient (Wildman–Crippen LogP) is 1.13. The maximum Gasteiger partial charge on any atom is 0.227 e. The topological polar surface area (TPSA) is 41.6 Å². The Balaban J connectivity index is 1.61. The first kappa shape index (κ1) is 12.9. The Hall–Kier alpha value is -1.55. The van der Waals surface area contributed by atoms with Crippen molar-refractivity contribution in [2.45, 2.75) is 6.42 Å². The smallest absolute Gasteiger partial charge is 0.227 e. The number of nitrogens with one attached hydrogen (secondary N) is 1. The summed E-state index contributed by atoms with van der Waals surface area (Å²) in [4.78, 5) is 13.6. The van der Waals surface area contributed by atoms with Crippen LogP contribution >= 0.6 is 0 Å². The van der Waals surface area contributed by atoms with Crippen molar-refractivity contribution >= 4 is 5.91 Å². The summed E-state index contributed by atoms with van der Waals surface area (Å²) < 4.78 is 5.59. The van der Waals surface area contributed by atoms with Crippen molar-refractivity contribution < 1.29 is 9.53 Å². The molecule has 4 nitrogen and oxygen atoms in total. The fourth-order valence-electron chi connectivity index (χ4n) is 1.89. The SMILES string of the molecule is CN(CCCOc1ccccc1)C(=O)C1CNC1. The molecule has 1 aromatic rings. The summed E-state index contributed by atoms with van der Waals surface area (Å²) in [5.74, 6) is 1.31. The minimum atomic E-state index is 0.185. The first-order chi connectivity index (χ1) is 8.77. The largest absolute Gasteiger partial charge is 0.494 e. The molecule has 1 fully saturated rings. The zero-order chi connectivity index (χ0) is 12.8. The van der Waals surface area contributed by atoms with Crippen LogP contribution in [-0.2, 0) is 4.79 Å². The molecule has 1 heterocycles. The maximum absolute atomic E-state index is 11.8. The minimum Gasteiger partial charge on any atom is -0.494 e. The van der Waals surface area contributed by atoms with Crippen LogP contribution in [0.25, 0.3) is 0 Å². The van der Waals surface area contributed by atoms with Gasteiger partial charge in [-0.05, 0) is 18.6 Å². The lowest BCUT2D eigenvalue weighted by atomic mass is 10.0. The molecule has 1 aromatic carbocycles. The number of nitrogens with zero attached hydrogens (tertiary/aromatic N) is 1. The normalized spacial score (nSPS) is 14.9. The van der Waals surface area contributed by atoms with E-state index in [4.69, 9.17) is 4.74 Å². The molecule has 1 saturated heterocycles. The average molecular weight is 248 g/mol. The molecule has 0 aliphatic carbocycles. The molecule has 0 saturated carbocycles. The van der Waals surface area contributed by atoms with Crippen LogP contribution in [0.15, 0.2) is 30.3 Å². The molecule has 0 atom stereocenters. The molecule has 2 rings (SSSR count). The van der Waals surface area contributed by atoms with E-state index >= 15 is 0 Å². The maximum atomic E-state index is 11.8. The second kappa shape index (κ2) is 6.40. The van der Waals surface area contributed by atoms with Gasteiger partial charge in [0.05, 0.1) is 12.5 Å². The molecule has 0 radical (unpaired) electrons. The molecule has 0 aromatic heterocycles. The van der Waals surface area contributed by atoms with Gasteiger partial charge in [-0.3, -0.25) is 4.79 Å². The summed E-state index contributed by atoms with van der Waals surface area (Å²) in [6.45, 7) is 3.04. The van der Waals surface area contributed by atoms with Gasteiger partial charge in [0.25, 0.3) is 0 Å². The third kappa shape index (κ3) is 3.47. The quantitative estimate of drug-likeness (QED) is 0.767. The van der Waals surface area contributed by atoms with E-state index in [2.05, 4.69) is 5.32 Å². The lowest BCUT2D eigenvalue weighted by Gasteiger charge is -2.30. The summed E-state index contributed by atoms with van der Waals surface area (Å²) in [5.41, 5.74) is 0. The highest BCUT2D eigenvalue weighted by Crippen LogP contribution is 2.09. The minimum absolute atomic E-state index is 0.185. The Labute approximate surface area is 108 Å². The van der Waals surface area contributed by atoms with Gasteiger partial charge in [-0.1, -0.05) is 18.2 Å². The molecule has 0 spiro atoms. The molecular formula is C14H20N2O2. The lowest BCUT2D eigenvalue weighted by molar-refractivity contribution is -0.135. The van der Waals surface area contributed by atoms with E-state index in [1.54, 1.807) is 4.90 Å². The zero-order valence-electron chi connectivity index (χ0n) is 10.8. The highest BCUT2D eigenvalue weighted by Gasteiger charge is 2.27. The van der Waals surface area contributed by atoms with E-state index in [1.807, 2.05) is 37.4 Å². The van der Waals surface area contributed by atoms with E-state index in [9.17, 15) is 4.79 Å². The Morgan fingerprint density at radius 2 is 2.11 bits per heavy atom. The number of benzene rings is 1. The monoisotopic (exact) mass is 248 g/mol. The van der Waals surface area contributed by atoms with Crippen molar-refractivity contribution in [1.82, 2.24) is 10.2 Å². The van der Waals surface area contributed by atoms with Crippen LogP contribution in [0.4, 0.5) is 0 Å². The molecule has 1 N–H and O–H groups in total. The van der Waals surface area contributed by atoms with Gasteiger partial charge in [0.15, 0.2) is 0 Å². The number of rotatable bonds is 6. The van der Waals surface area contributed by atoms with Gasteiger partial charge in [-0.15, -0.1) is 0 Å². The van der Waals surface area contributed by atoms with Gasteiger partial charge in [-0.2, -0.15) is 0 Å². The molecule has 1 aliphatic rings. The van der Waals surface area contributed by atoms with Crippen molar-refractivity contribution in [3.63, 3.8) is 0 Å². The number of carbonyl (C=O) groups excluding carboxylic acids is 1. The van der Waals surface area contributed by atoms with Gasteiger partial charge in [0.1, 0.15) is 5.75 Å². The third-order valence-electron chi connectivity index (χ3n) is 3.16. The summed E-state index contributed by atoms with van der Waals surface area (Å²) >= 11 is 0. The average Bonchev–Trinajstić information content (AvgIpc) is 2.33. The van der Waals surface area contributed by atoms with Crippen LogP contribution in [0.3, 0.4) is 0 Å². The van der Waals surface area contributed by atoms with Crippen molar-refractivity contribution in [1.29, 1.82) is 0 Å².